The van der Waals surface area contributed by atoms with Crippen LogP contribution in [0.3, 0.4) is 0 Å². The number of aromatic nitrogens is 6. The van der Waals surface area contributed by atoms with Gasteiger partial charge in [-0.2, -0.15) is 41.3 Å². The summed E-state index contributed by atoms with van der Waals surface area (Å²) in [7, 11) is -4.22. The zero-order valence-corrected chi connectivity index (χ0v) is 68.8. The quantitative estimate of drug-likeness (QED) is 0.0597. The molecule has 3 aliphatic heterocycles. The van der Waals surface area contributed by atoms with E-state index in [1.54, 1.807) is 165 Å². The van der Waals surface area contributed by atoms with Gasteiger partial charge in [-0.15, -0.1) is 0 Å². The van der Waals surface area contributed by atoms with Crippen molar-refractivity contribution in [3.05, 3.63) is 254 Å². The smallest absolute Gasteiger partial charge is 0.369 e. The number of amides is 6. The van der Waals surface area contributed by atoms with E-state index in [-0.39, 0.29) is 34.3 Å². The molecule has 12 bridgehead atoms. The fraction of sp³-hybridized carbons (Fsp3) is 0.198. The highest BCUT2D eigenvalue weighted by Crippen LogP contribution is 2.38. The molecular formula is C86H84F7N21O6S3. The van der Waals surface area contributed by atoms with Gasteiger partial charge in [0.05, 0.1) is 46.0 Å². The Morgan fingerprint density at radius 1 is 0.382 bits per heavy atom. The molecule has 27 nitrogen and oxygen atoms in total. The van der Waals surface area contributed by atoms with Crippen LogP contribution in [0.15, 0.2) is 252 Å². The number of carbonyl (C=O) groups excluding carboxylic acids is 3. The first kappa shape index (κ1) is 87.0. The third kappa shape index (κ3) is 22.4. The lowest BCUT2D eigenvalue weighted by molar-refractivity contribution is -0.138. The van der Waals surface area contributed by atoms with Crippen LogP contribution in [0.1, 0.15) is 49.7 Å². The van der Waals surface area contributed by atoms with Crippen molar-refractivity contribution in [2.45, 2.75) is 65.6 Å². The van der Waals surface area contributed by atoms with E-state index >= 15 is 4.39 Å². The van der Waals surface area contributed by atoms with Gasteiger partial charge in [-0.05, 0) is 195 Å². The van der Waals surface area contributed by atoms with Crippen LogP contribution in [0, 0.1) is 20.2 Å². The van der Waals surface area contributed by atoms with Crippen LogP contribution in [0.4, 0.5) is 132 Å². The lowest BCUT2D eigenvalue weighted by Gasteiger charge is -2.19. The summed E-state index contributed by atoms with van der Waals surface area (Å²) >= 11 is 0. The molecule has 37 heteroatoms. The van der Waals surface area contributed by atoms with E-state index in [0.717, 1.165) is 45.9 Å². The van der Waals surface area contributed by atoms with Gasteiger partial charge in [-0.25, -0.2) is 60.7 Å². The van der Waals surface area contributed by atoms with Crippen LogP contribution in [0.2, 0.25) is 0 Å². The molecule has 15 rings (SSSR count). The van der Waals surface area contributed by atoms with E-state index < -0.39 is 76.6 Å². The lowest BCUT2D eigenvalue weighted by Crippen LogP contribution is -2.31. The molecule has 0 aliphatic carbocycles. The molecule has 3 aromatic heterocycles. The average Bonchev–Trinajstić information content (AvgIpc) is 1.62. The third-order valence-electron chi connectivity index (χ3n) is 19.8. The van der Waals surface area contributed by atoms with Gasteiger partial charge in [0.2, 0.25) is 17.8 Å². The summed E-state index contributed by atoms with van der Waals surface area (Å²) in [5.41, 5.74) is 6.14. The summed E-state index contributed by atoms with van der Waals surface area (Å²) in [4.78, 5) is 70.6. The molecule has 12 aromatic rings. The van der Waals surface area contributed by atoms with E-state index in [4.69, 9.17) is 14.3 Å². The van der Waals surface area contributed by atoms with Crippen molar-refractivity contribution in [2.75, 3.05) is 121 Å². The molecular weight excluding hydrogens is 1650 g/mol. The Morgan fingerprint density at radius 3 is 1.19 bits per heavy atom. The molecule has 0 radical (unpaired) electrons. The van der Waals surface area contributed by atoms with E-state index in [2.05, 4.69) is 77.8 Å². The van der Waals surface area contributed by atoms with Crippen molar-refractivity contribution < 1.29 is 57.7 Å². The molecule has 636 valence electrons. The number of anilines is 15. The number of nitrogens with zero attached hydrogens (tertiary/aromatic N) is 9. The molecule has 0 fully saturated rings. The van der Waals surface area contributed by atoms with Crippen LogP contribution >= 0.6 is 0 Å². The third-order valence-corrected chi connectivity index (χ3v) is 25.5. The Hall–Kier alpha value is -13.8. The molecule has 6 heterocycles. The maximum absolute atomic E-state index is 15.1. The maximum atomic E-state index is 15.1. The first-order chi connectivity index (χ1) is 58.8. The predicted molar refractivity (Wildman–Crippen MR) is 468 cm³/mol. The molecule has 3 aliphatic rings. The Bertz CT molecular complexity index is 6220. The zero-order chi connectivity index (χ0) is 87.2. The van der Waals surface area contributed by atoms with Crippen LogP contribution in [0.5, 0.6) is 0 Å². The molecule has 0 saturated carbocycles. The van der Waals surface area contributed by atoms with Crippen LogP contribution in [-0.4, -0.2) is 119 Å². The van der Waals surface area contributed by atoms with Crippen molar-refractivity contribution in [3.8, 4) is 33.4 Å². The van der Waals surface area contributed by atoms with Gasteiger partial charge >= 0.3 is 30.4 Å². The molecule has 123 heavy (non-hydrogen) atoms. The average molecular weight is 1740 g/mol. The number of hydrogen-bond donors (Lipinski definition) is 12. The second kappa shape index (κ2) is 37.9. The number of nitrogens with one attached hydrogen (secondary N) is 12. The van der Waals surface area contributed by atoms with Gasteiger partial charge in [0.25, 0.3) is 0 Å². The van der Waals surface area contributed by atoms with Crippen molar-refractivity contribution >= 4 is 134 Å². The Balaban J connectivity index is 0.000000159. The highest BCUT2D eigenvalue weighted by molar-refractivity contribution is 7.93. The molecule has 12 N–H and O–H groups in total. The summed E-state index contributed by atoms with van der Waals surface area (Å²) in [5.74, 6) is 2.81. The fourth-order valence-corrected chi connectivity index (χ4v) is 17.4. The number of hydrogen-bond acceptors (Lipinski definition) is 21. The standard InChI is InChI=1S/2C29H28F3N7O2S.C28H28FN7O2S/c1-39(23-8-4-6-20(16-23)29(30,31)32)28(40)37-21-12-10-19(11-13-21)25-18-35-27-36-22-7-5-9-24(17-22)42(33,41)15-3-2-14-34-26(25)38-27;1-39(28(40)37-21-7-4-6-20(16-21)29(30,31)32)23-12-10-19(11-13-23)25-18-35-27-36-22-8-5-9-24(17-22)42(33,41)15-3-2-14-34-26(25)38-27;1-36(21-9-3-2-4-10-21)28(37)34-25-13-12-19(16-24(25)29)23-18-32-27-33-20-8-7-11-22(17-20)39(30,38)15-6-5-14-31-26(23)35-27/h2*4-13,16-18,33H,2-3,14-15H2,1H3,(H,37,40)(H2,34,35,36,38);2-4,7-13,16-18,30H,5-6,14-15H2,1H3,(H,34,37)(H2,31,32,33,35). The van der Waals surface area contributed by atoms with Crippen molar-refractivity contribution in [1.82, 2.24) is 29.9 Å². The van der Waals surface area contributed by atoms with Gasteiger partial charge in [-0.1, -0.05) is 78.9 Å². The SMILES string of the molecule is CN(C(=O)Nc1ccc(-c2cnc3nc2NCCCCS(=N)(=O)c2cccc(c2)N3)cc1)c1cccc(C(F)(F)F)c1.CN(C(=O)Nc1ccc(-c2cnc3nc2NCCCCS(=N)(=O)c2cccc(c2)N3)cc1F)c1ccccc1.CN(C(=O)Nc1cccc(C(F)(F)F)c1)c1ccc(-c2cnc3nc2NCCCCS(=N)(=O)c2cccc(c2)N3)cc1. The number of carbonyl (C=O) groups is 3. The van der Waals surface area contributed by atoms with Crippen LogP contribution in [0.25, 0.3) is 33.4 Å². The first-order valence-electron chi connectivity index (χ1n) is 38.6. The van der Waals surface area contributed by atoms with Gasteiger partial charge in [0.1, 0.15) is 23.3 Å². The van der Waals surface area contributed by atoms with Crippen LogP contribution < -0.4 is 62.6 Å². The summed E-state index contributed by atoms with van der Waals surface area (Å²) in [6.07, 6.45) is -0.231. The highest BCUT2D eigenvalue weighted by atomic mass is 32.2. The molecule has 3 unspecified atom stereocenters. The predicted octanol–water partition coefficient (Wildman–Crippen LogP) is 20.7. The molecule has 3 atom stereocenters. The van der Waals surface area contributed by atoms with Gasteiger partial charge in [0.15, 0.2) is 0 Å². The summed E-state index contributed by atoms with van der Waals surface area (Å²) in [6, 6.07) is 55.7. The van der Waals surface area contributed by atoms with E-state index in [9.17, 15) is 53.4 Å². The monoisotopic (exact) mass is 1740 g/mol. The minimum atomic E-state index is -4.51. The Labute approximate surface area is 705 Å². The number of halogens is 7. The number of fused-ring (bicyclic) bond motifs is 12. The molecule has 6 amide bonds. The summed E-state index contributed by atoms with van der Waals surface area (Å²) in [5, 5.41) is 27.1. The first-order valence-corrected chi connectivity index (χ1v) is 43.8. The number of urea groups is 3. The van der Waals surface area contributed by atoms with Gasteiger partial charge in [-0.3, -0.25) is 14.7 Å². The fourth-order valence-electron chi connectivity index (χ4n) is 13.0. The lowest BCUT2D eigenvalue weighted by atomic mass is 10.1. The normalized spacial score (nSPS) is 16.9. The number of alkyl halides is 6. The topological polar surface area (TPSA) is 369 Å². The molecule has 0 saturated heterocycles. The van der Waals surface area contributed by atoms with Crippen molar-refractivity contribution in [1.29, 1.82) is 14.3 Å². The number of rotatable bonds is 9. The molecule has 9 aromatic carbocycles. The van der Waals surface area contributed by atoms with E-state index in [1.807, 2.05) is 18.2 Å². The Kier molecular flexibility index (Phi) is 26.8. The van der Waals surface area contributed by atoms with Gasteiger partial charge < -0.3 is 47.9 Å². The zero-order valence-electron chi connectivity index (χ0n) is 66.3. The second-order valence-electron chi connectivity index (χ2n) is 28.6. The maximum Gasteiger partial charge on any atom is 0.416 e. The summed E-state index contributed by atoms with van der Waals surface area (Å²) in [6.45, 7) is 1.62. The molecule has 0 spiro atoms. The highest BCUT2D eigenvalue weighted by Gasteiger charge is 2.33. The van der Waals surface area contributed by atoms with E-state index in [1.165, 1.54) is 60.3 Å². The second-order valence-corrected chi connectivity index (χ2v) is 35.3. The van der Waals surface area contributed by atoms with Crippen molar-refractivity contribution in [3.63, 3.8) is 0 Å². The number of benzene rings is 9. The minimum absolute atomic E-state index is 0.0343. The van der Waals surface area contributed by atoms with Crippen molar-refractivity contribution in [2.24, 2.45) is 0 Å². The minimum Gasteiger partial charge on any atom is -0.369 e. The number of para-hydroxylation sites is 1. The van der Waals surface area contributed by atoms with Gasteiger partial charge in [0, 0.05) is 154 Å². The van der Waals surface area contributed by atoms with Crippen LogP contribution in [-0.2, 0) is 41.5 Å². The summed E-state index contributed by atoms with van der Waals surface area (Å²) < 4.78 is 157. The Morgan fingerprint density at radius 2 is 0.748 bits per heavy atom. The van der Waals surface area contributed by atoms with E-state index in [0.29, 0.717) is 159 Å². The largest absolute Gasteiger partial charge is 0.416 e.